The minimum absolute atomic E-state index is 0.111. The first-order valence-corrected chi connectivity index (χ1v) is 6.31. The van der Waals surface area contributed by atoms with E-state index in [1.54, 1.807) is 0 Å². The fourth-order valence-corrected chi connectivity index (χ4v) is 2.00. The van der Waals surface area contributed by atoms with Gasteiger partial charge in [-0.25, -0.2) is 4.79 Å². The molecule has 2 N–H and O–H groups in total. The summed E-state index contributed by atoms with van der Waals surface area (Å²) in [5.41, 5.74) is 0. The van der Waals surface area contributed by atoms with E-state index in [0.717, 1.165) is 12.8 Å². The molecule has 92 valence electrons. The van der Waals surface area contributed by atoms with Crippen LogP contribution in [0.1, 0.15) is 26.2 Å². The molecule has 1 aliphatic rings. The Bertz CT molecular complexity index is 274. The Kier molecular flexibility index (Phi) is 5.35. The van der Waals surface area contributed by atoms with Crippen molar-refractivity contribution >= 4 is 35.1 Å². The summed E-state index contributed by atoms with van der Waals surface area (Å²) in [6.45, 7) is 2.06. The molecule has 1 fully saturated rings. The summed E-state index contributed by atoms with van der Waals surface area (Å²) in [5, 5.41) is 4.59. The van der Waals surface area contributed by atoms with Crippen LogP contribution in [0.4, 0.5) is 4.79 Å². The molecule has 1 saturated heterocycles. The number of nitrogens with one attached hydrogen (secondary N) is 2. The van der Waals surface area contributed by atoms with Crippen LogP contribution in [-0.4, -0.2) is 29.2 Å². The number of hydrogen-bond acceptors (Lipinski definition) is 2. The molecule has 0 saturated carbocycles. The highest BCUT2D eigenvalue weighted by Crippen LogP contribution is 2.18. The monoisotopic (exact) mass is 266 g/mol. The van der Waals surface area contributed by atoms with Gasteiger partial charge in [0, 0.05) is 11.3 Å². The summed E-state index contributed by atoms with van der Waals surface area (Å²) < 4.78 is 0. The van der Waals surface area contributed by atoms with Crippen LogP contribution in [0.3, 0.4) is 0 Å². The van der Waals surface area contributed by atoms with Crippen molar-refractivity contribution in [2.45, 2.75) is 37.6 Å². The quantitative estimate of drug-likeness (QED) is 0.570. The summed E-state index contributed by atoms with van der Waals surface area (Å²) in [6.07, 6.45) is 2.20. The Morgan fingerprint density at radius 1 is 1.38 bits per heavy atom. The third-order valence-corrected chi connectivity index (χ3v) is 3.51. The van der Waals surface area contributed by atoms with Crippen LogP contribution in [0.5, 0.6) is 0 Å². The maximum atomic E-state index is 11.2. The summed E-state index contributed by atoms with van der Waals surface area (Å²) >= 11 is 11.8. The standard InChI is InChI=1S/C10H16Cl2N2O2/c1-6(5-11)2-3-7(12)4-8-9(15)14-10(16)13-8/h6-8H,2-5H2,1H3,(H2,13,14,15,16). The minimum atomic E-state index is -0.485. The zero-order valence-electron chi connectivity index (χ0n) is 9.13. The molecule has 1 rings (SSSR count). The molecule has 1 heterocycles. The van der Waals surface area contributed by atoms with Crippen molar-refractivity contribution in [3.05, 3.63) is 0 Å². The summed E-state index contributed by atoms with van der Waals surface area (Å²) in [7, 11) is 0. The average molecular weight is 267 g/mol. The third kappa shape index (κ3) is 4.18. The minimum Gasteiger partial charge on any atom is -0.326 e. The number of carbonyl (C=O) groups is 2. The second-order valence-corrected chi connectivity index (χ2v) is 5.11. The maximum Gasteiger partial charge on any atom is 0.322 e. The fraction of sp³-hybridized carbons (Fsp3) is 0.800. The molecule has 0 spiro atoms. The van der Waals surface area contributed by atoms with Gasteiger partial charge in [0.15, 0.2) is 0 Å². The van der Waals surface area contributed by atoms with Crippen LogP contribution in [0.2, 0.25) is 0 Å². The van der Waals surface area contributed by atoms with Gasteiger partial charge in [0.05, 0.1) is 0 Å². The molecule has 16 heavy (non-hydrogen) atoms. The lowest BCUT2D eigenvalue weighted by atomic mass is 10.0. The largest absolute Gasteiger partial charge is 0.326 e. The molecule has 3 atom stereocenters. The van der Waals surface area contributed by atoms with E-state index in [1.807, 2.05) is 0 Å². The second kappa shape index (κ2) is 6.30. The third-order valence-electron chi connectivity index (χ3n) is 2.59. The van der Waals surface area contributed by atoms with Crippen molar-refractivity contribution in [1.82, 2.24) is 10.6 Å². The van der Waals surface area contributed by atoms with E-state index in [1.165, 1.54) is 0 Å². The molecule has 3 unspecified atom stereocenters. The maximum absolute atomic E-state index is 11.2. The van der Waals surface area contributed by atoms with E-state index in [-0.39, 0.29) is 11.3 Å². The van der Waals surface area contributed by atoms with E-state index < -0.39 is 12.1 Å². The number of alkyl halides is 2. The smallest absolute Gasteiger partial charge is 0.322 e. The van der Waals surface area contributed by atoms with Gasteiger partial charge in [-0.3, -0.25) is 10.1 Å². The first kappa shape index (κ1) is 13.6. The molecular weight excluding hydrogens is 251 g/mol. The zero-order valence-corrected chi connectivity index (χ0v) is 10.6. The second-order valence-electron chi connectivity index (χ2n) is 4.19. The molecule has 4 nitrogen and oxygen atoms in total. The van der Waals surface area contributed by atoms with E-state index in [0.29, 0.717) is 18.2 Å². The Hall–Kier alpha value is -0.480. The van der Waals surface area contributed by atoms with Gasteiger partial charge in [-0.1, -0.05) is 6.92 Å². The molecular formula is C10H16Cl2N2O2. The SMILES string of the molecule is CC(CCl)CCC(Cl)CC1NC(=O)NC1=O. The predicted molar refractivity (Wildman–Crippen MR) is 63.8 cm³/mol. The molecule has 1 aliphatic heterocycles. The van der Waals surface area contributed by atoms with Crippen LogP contribution in [-0.2, 0) is 4.79 Å². The first-order chi connectivity index (χ1) is 7.52. The van der Waals surface area contributed by atoms with Crippen LogP contribution in [0, 0.1) is 5.92 Å². The summed E-state index contributed by atoms with van der Waals surface area (Å²) in [4.78, 5) is 22.1. The van der Waals surface area contributed by atoms with E-state index in [9.17, 15) is 9.59 Å². The lowest BCUT2D eigenvalue weighted by molar-refractivity contribution is -0.120. The van der Waals surface area contributed by atoms with E-state index >= 15 is 0 Å². The topological polar surface area (TPSA) is 58.2 Å². The predicted octanol–water partition coefficient (Wildman–Crippen LogP) is 1.85. The molecule has 6 heteroatoms. The van der Waals surface area contributed by atoms with Crippen LogP contribution in [0.25, 0.3) is 0 Å². The Labute approximate surface area is 105 Å². The van der Waals surface area contributed by atoms with Crippen molar-refractivity contribution in [3.8, 4) is 0 Å². The molecule has 0 aromatic rings. The summed E-state index contributed by atoms with van der Waals surface area (Å²) in [6, 6.07) is -0.922. The Morgan fingerprint density at radius 3 is 2.56 bits per heavy atom. The highest BCUT2D eigenvalue weighted by molar-refractivity contribution is 6.21. The Balaban J connectivity index is 2.26. The van der Waals surface area contributed by atoms with Crippen molar-refractivity contribution < 1.29 is 9.59 Å². The van der Waals surface area contributed by atoms with Crippen molar-refractivity contribution in [2.24, 2.45) is 5.92 Å². The highest BCUT2D eigenvalue weighted by Gasteiger charge is 2.30. The van der Waals surface area contributed by atoms with Gasteiger partial charge in [-0.15, -0.1) is 23.2 Å². The van der Waals surface area contributed by atoms with Crippen molar-refractivity contribution in [3.63, 3.8) is 0 Å². The fourth-order valence-electron chi connectivity index (χ4n) is 1.54. The number of rotatable bonds is 6. The van der Waals surface area contributed by atoms with E-state index in [2.05, 4.69) is 17.6 Å². The first-order valence-electron chi connectivity index (χ1n) is 5.34. The lowest BCUT2D eigenvalue weighted by Crippen LogP contribution is -2.31. The molecule has 0 aromatic carbocycles. The number of urea groups is 1. The molecule has 3 amide bonds. The lowest BCUT2D eigenvalue weighted by Gasteiger charge is -2.14. The van der Waals surface area contributed by atoms with Gasteiger partial charge in [-0.05, 0) is 25.2 Å². The van der Waals surface area contributed by atoms with Crippen LogP contribution in [0.15, 0.2) is 0 Å². The number of halogens is 2. The van der Waals surface area contributed by atoms with Gasteiger partial charge in [-0.2, -0.15) is 0 Å². The van der Waals surface area contributed by atoms with E-state index in [4.69, 9.17) is 23.2 Å². The van der Waals surface area contributed by atoms with Crippen molar-refractivity contribution in [1.29, 1.82) is 0 Å². The molecule has 0 bridgehead atoms. The highest BCUT2D eigenvalue weighted by atomic mass is 35.5. The Morgan fingerprint density at radius 2 is 2.06 bits per heavy atom. The van der Waals surface area contributed by atoms with Crippen molar-refractivity contribution in [2.75, 3.05) is 5.88 Å². The van der Waals surface area contributed by atoms with Gasteiger partial charge >= 0.3 is 6.03 Å². The molecule has 0 radical (unpaired) electrons. The normalized spacial score (nSPS) is 23.8. The van der Waals surface area contributed by atoms with Gasteiger partial charge < -0.3 is 5.32 Å². The number of hydrogen-bond donors (Lipinski definition) is 2. The summed E-state index contributed by atoms with van der Waals surface area (Å²) in [5.74, 6) is 0.750. The number of carbonyl (C=O) groups excluding carboxylic acids is 2. The molecule has 0 aliphatic carbocycles. The van der Waals surface area contributed by atoms with Gasteiger partial charge in [0.2, 0.25) is 0 Å². The number of imide groups is 1. The number of amides is 3. The molecule has 0 aromatic heterocycles. The van der Waals surface area contributed by atoms with Gasteiger partial charge in [0.1, 0.15) is 6.04 Å². The van der Waals surface area contributed by atoms with Crippen LogP contribution < -0.4 is 10.6 Å². The van der Waals surface area contributed by atoms with Gasteiger partial charge in [0.25, 0.3) is 5.91 Å². The van der Waals surface area contributed by atoms with Crippen LogP contribution >= 0.6 is 23.2 Å². The average Bonchev–Trinajstić information content (AvgIpc) is 2.54. The zero-order chi connectivity index (χ0) is 12.1.